The van der Waals surface area contributed by atoms with Gasteiger partial charge in [-0.1, -0.05) is 11.6 Å². The number of esters is 1. The summed E-state index contributed by atoms with van der Waals surface area (Å²) in [5.74, 6) is -1.26. The molecule has 2 N–H and O–H groups in total. The van der Waals surface area contributed by atoms with Gasteiger partial charge in [0.15, 0.2) is 6.10 Å². The van der Waals surface area contributed by atoms with Crippen molar-refractivity contribution in [1.82, 2.24) is 10.0 Å². The summed E-state index contributed by atoms with van der Waals surface area (Å²) < 4.78 is 38.0. The number of amides is 1. The highest BCUT2D eigenvalue weighted by molar-refractivity contribution is 7.89. The van der Waals surface area contributed by atoms with E-state index >= 15 is 0 Å². The van der Waals surface area contributed by atoms with Gasteiger partial charge in [-0.05, 0) is 44.9 Å². The standard InChI is InChI=1S/C17H23ClN2O6S/c1-3-19-16(21)11(2)26-17(22)12-6-7-14(18)15(9-12)27(23,24)20-10-13-5-4-8-25-13/h6-7,9,11,13,20H,3-5,8,10H2,1-2H3,(H,19,21)/t11-,13-/m1/s1. The zero-order chi connectivity index (χ0) is 20.0. The van der Waals surface area contributed by atoms with Crippen molar-refractivity contribution in [2.75, 3.05) is 19.7 Å². The lowest BCUT2D eigenvalue weighted by Gasteiger charge is -2.14. The van der Waals surface area contributed by atoms with Crippen molar-refractivity contribution >= 4 is 33.5 Å². The highest BCUT2D eigenvalue weighted by atomic mass is 35.5. The van der Waals surface area contributed by atoms with E-state index in [0.29, 0.717) is 13.2 Å². The van der Waals surface area contributed by atoms with Crippen LogP contribution in [0.5, 0.6) is 0 Å². The number of likely N-dealkylation sites (N-methyl/N-ethyl adjacent to an activating group) is 1. The number of nitrogens with one attached hydrogen (secondary N) is 2. The summed E-state index contributed by atoms with van der Waals surface area (Å²) in [6.45, 7) is 4.31. The Hall–Kier alpha value is -1.68. The fourth-order valence-corrected chi connectivity index (χ4v) is 4.11. The second-order valence-electron chi connectivity index (χ2n) is 6.07. The minimum absolute atomic E-state index is 0.0203. The summed E-state index contributed by atoms with van der Waals surface area (Å²) in [7, 11) is -3.94. The minimum atomic E-state index is -3.94. The average Bonchev–Trinajstić information content (AvgIpc) is 3.14. The quantitative estimate of drug-likeness (QED) is 0.618. The topological polar surface area (TPSA) is 111 Å². The molecule has 1 aromatic carbocycles. The van der Waals surface area contributed by atoms with E-state index in [4.69, 9.17) is 21.1 Å². The second-order valence-corrected chi connectivity index (χ2v) is 8.22. The number of sulfonamides is 1. The molecule has 0 saturated carbocycles. The number of hydrogen-bond donors (Lipinski definition) is 2. The maximum absolute atomic E-state index is 12.5. The van der Waals surface area contributed by atoms with E-state index in [-0.39, 0.29) is 28.1 Å². The fourth-order valence-electron chi connectivity index (χ4n) is 2.52. The number of benzene rings is 1. The number of hydrogen-bond acceptors (Lipinski definition) is 6. The van der Waals surface area contributed by atoms with Crippen LogP contribution in [0.4, 0.5) is 0 Å². The zero-order valence-corrected chi connectivity index (χ0v) is 16.7. The molecule has 1 amide bonds. The van der Waals surface area contributed by atoms with Gasteiger partial charge in [0.2, 0.25) is 10.0 Å². The smallest absolute Gasteiger partial charge is 0.338 e. The van der Waals surface area contributed by atoms with Crippen molar-refractivity contribution < 1.29 is 27.5 Å². The fraction of sp³-hybridized carbons (Fsp3) is 0.529. The summed E-state index contributed by atoms with van der Waals surface area (Å²) in [6.07, 6.45) is 0.481. The van der Waals surface area contributed by atoms with Crippen LogP contribution in [0.3, 0.4) is 0 Å². The lowest BCUT2D eigenvalue weighted by atomic mass is 10.2. The Labute approximate surface area is 163 Å². The van der Waals surface area contributed by atoms with Gasteiger partial charge in [0, 0.05) is 19.7 Å². The van der Waals surface area contributed by atoms with E-state index in [2.05, 4.69) is 10.0 Å². The lowest BCUT2D eigenvalue weighted by molar-refractivity contribution is -0.128. The van der Waals surface area contributed by atoms with Crippen molar-refractivity contribution in [2.45, 2.75) is 43.8 Å². The summed E-state index contributed by atoms with van der Waals surface area (Å²) in [5.41, 5.74) is -0.0203. The molecule has 10 heteroatoms. The third-order valence-corrected chi connectivity index (χ3v) is 5.89. The van der Waals surface area contributed by atoms with Gasteiger partial charge in [-0.3, -0.25) is 4.79 Å². The largest absolute Gasteiger partial charge is 0.449 e. The zero-order valence-electron chi connectivity index (χ0n) is 15.2. The summed E-state index contributed by atoms with van der Waals surface area (Å²) in [4.78, 5) is 23.7. The lowest BCUT2D eigenvalue weighted by Crippen LogP contribution is -2.35. The Balaban J connectivity index is 2.12. The van der Waals surface area contributed by atoms with Gasteiger partial charge in [-0.15, -0.1) is 0 Å². The molecule has 8 nitrogen and oxygen atoms in total. The monoisotopic (exact) mass is 418 g/mol. The van der Waals surface area contributed by atoms with Gasteiger partial charge in [-0.2, -0.15) is 0 Å². The molecule has 150 valence electrons. The van der Waals surface area contributed by atoms with Crippen LogP contribution < -0.4 is 10.0 Å². The summed E-state index contributed by atoms with van der Waals surface area (Å²) in [5, 5.41) is 2.51. The van der Waals surface area contributed by atoms with Crippen molar-refractivity contribution in [2.24, 2.45) is 0 Å². The summed E-state index contributed by atoms with van der Waals surface area (Å²) in [6, 6.07) is 3.77. The van der Waals surface area contributed by atoms with Crippen LogP contribution >= 0.6 is 11.6 Å². The van der Waals surface area contributed by atoms with Crippen molar-refractivity contribution in [3.8, 4) is 0 Å². The Morgan fingerprint density at radius 2 is 2.15 bits per heavy atom. The van der Waals surface area contributed by atoms with E-state index in [0.717, 1.165) is 18.9 Å². The number of carbonyl (C=O) groups is 2. The van der Waals surface area contributed by atoms with Gasteiger partial charge in [-0.25, -0.2) is 17.9 Å². The first-order valence-corrected chi connectivity index (χ1v) is 10.5. The molecule has 0 spiro atoms. The van der Waals surface area contributed by atoms with E-state index in [1.54, 1.807) is 6.92 Å². The minimum Gasteiger partial charge on any atom is -0.449 e. The number of carbonyl (C=O) groups excluding carboxylic acids is 2. The first kappa shape index (κ1) is 21.6. The van der Waals surface area contributed by atoms with Gasteiger partial charge >= 0.3 is 5.97 Å². The van der Waals surface area contributed by atoms with Crippen molar-refractivity contribution in [1.29, 1.82) is 0 Å². The maximum atomic E-state index is 12.5. The molecule has 0 unspecified atom stereocenters. The molecule has 1 aromatic rings. The Kier molecular flexibility index (Phi) is 7.60. The highest BCUT2D eigenvalue weighted by Crippen LogP contribution is 2.23. The first-order valence-electron chi connectivity index (χ1n) is 8.64. The van der Waals surface area contributed by atoms with E-state index in [1.165, 1.54) is 19.1 Å². The molecule has 2 atom stereocenters. The molecule has 0 aliphatic carbocycles. The third-order valence-electron chi connectivity index (χ3n) is 3.99. The first-order chi connectivity index (χ1) is 12.7. The summed E-state index contributed by atoms with van der Waals surface area (Å²) >= 11 is 6.01. The molecule has 1 fully saturated rings. The van der Waals surface area contributed by atoms with Crippen molar-refractivity contribution in [3.05, 3.63) is 28.8 Å². The average molecular weight is 419 g/mol. The van der Waals surface area contributed by atoms with E-state index in [1.807, 2.05) is 0 Å². The maximum Gasteiger partial charge on any atom is 0.338 e. The Morgan fingerprint density at radius 3 is 2.78 bits per heavy atom. The molecule has 0 bridgehead atoms. The molecule has 1 aliphatic heterocycles. The molecule has 1 saturated heterocycles. The molecule has 1 aliphatic rings. The van der Waals surface area contributed by atoms with Crippen LogP contribution in [-0.2, 0) is 24.3 Å². The molecule has 1 heterocycles. The molecule has 27 heavy (non-hydrogen) atoms. The van der Waals surface area contributed by atoms with Crippen LogP contribution in [0.15, 0.2) is 23.1 Å². The van der Waals surface area contributed by atoms with Gasteiger partial charge in [0.1, 0.15) is 4.90 Å². The molecule has 0 aromatic heterocycles. The molecule has 2 rings (SSSR count). The molecular weight excluding hydrogens is 396 g/mol. The third kappa shape index (κ3) is 5.90. The SMILES string of the molecule is CCNC(=O)[C@@H](C)OC(=O)c1ccc(Cl)c(S(=O)(=O)NC[C@H]2CCCO2)c1. The molecule has 0 radical (unpaired) electrons. The molecular formula is C17H23ClN2O6S. The highest BCUT2D eigenvalue weighted by Gasteiger charge is 2.25. The van der Waals surface area contributed by atoms with Crippen LogP contribution in [0.2, 0.25) is 5.02 Å². The van der Waals surface area contributed by atoms with Crippen LogP contribution in [0.25, 0.3) is 0 Å². The normalized spacial score (nSPS) is 18.1. The Bertz CT molecular complexity index is 793. The van der Waals surface area contributed by atoms with Gasteiger partial charge in [0.25, 0.3) is 5.91 Å². The van der Waals surface area contributed by atoms with Crippen LogP contribution in [0, 0.1) is 0 Å². The van der Waals surface area contributed by atoms with Gasteiger partial charge in [0.05, 0.1) is 16.7 Å². The van der Waals surface area contributed by atoms with E-state index < -0.39 is 28.0 Å². The predicted octanol–water partition coefficient (Wildman–Crippen LogP) is 1.48. The Morgan fingerprint density at radius 1 is 1.41 bits per heavy atom. The van der Waals surface area contributed by atoms with Crippen LogP contribution in [0.1, 0.15) is 37.0 Å². The number of ether oxygens (including phenoxy) is 2. The van der Waals surface area contributed by atoms with E-state index in [9.17, 15) is 18.0 Å². The van der Waals surface area contributed by atoms with Crippen LogP contribution in [-0.4, -0.2) is 52.2 Å². The predicted molar refractivity (Wildman–Crippen MR) is 99.2 cm³/mol. The second kappa shape index (κ2) is 9.50. The number of halogens is 1. The van der Waals surface area contributed by atoms with Crippen molar-refractivity contribution in [3.63, 3.8) is 0 Å². The number of rotatable bonds is 8. The van der Waals surface area contributed by atoms with Gasteiger partial charge < -0.3 is 14.8 Å².